The smallest absolute Gasteiger partial charge is 0.0431 e. The molecule has 0 aromatic heterocycles. The summed E-state index contributed by atoms with van der Waals surface area (Å²) >= 11 is 0. The Bertz CT molecular complexity index is 101. The summed E-state index contributed by atoms with van der Waals surface area (Å²) < 4.78 is 0. The van der Waals surface area contributed by atoms with Gasteiger partial charge in [0.15, 0.2) is 0 Å². The first kappa shape index (κ1) is 14.0. The number of rotatable bonds is 10. The molecule has 0 aliphatic carbocycles. The van der Waals surface area contributed by atoms with Crippen molar-refractivity contribution >= 4 is 0 Å². The van der Waals surface area contributed by atoms with Gasteiger partial charge in [-0.05, 0) is 12.3 Å². The van der Waals surface area contributed by atoms with Crippen LogP contribution in [-0.4, -0.2) is 11.7 Å². The Kier molecular flexibility index (Phi) is 11.0. The lowest BCUT2D eigenvalue weighted by atomic mass is 9.91. The minimum absolute atomic E-state index is 0.368. The Morgan fingerprint density at radius 1 is 0.786 bits per heavy atom. The minimum Gasteiger partial charge on any atom is -0.396 e. The largest absolute Gasteiger partial charge is 0.396 e. The third-order valence-electron chi connectivity index (χ3n) is 2.93. The highest BCUT2D eigenvalue weighted by atomic mass is 16.2. The van der Waals surface area contributed by atoms with Crippen LogP contribution >= 0.6 is 0 Å². The summed E-state index contributed by atoms with van der Waals surface area (Å²) in [7, 11) is 0. The first-order chi connectivity index (χ1) is 6.85. The van der Waals surface area contributed by atoms with Crippen LogP contribution in [0.3, 0.4) is 0 Å². The summed E-state index contributed by atoms with van der Waals surface area (Å²) in [5.74, 6) is 0.957. The highest BCUT2D eigenvalue weighted by Gasteiger charge is 2.06. The Labute approximate surface area is 89.9 Å². The van der Waals surface area contributed by atoms with E-state index in [0.717, 1.165) is 12.3 Å². The van der Waals surface area contributed by atoms with Gasteiger partial charge in [0, 0.05) is 6.61 Å². The van der Waals surface area contributed by atoms with Crippen LogP contribution in [-0.2, 0) is 0 Å². The third kappa shape index (κ3) is 8.55. The summed E-state index contributed by atoms with van der Waals surface area (Å²) in [6, 6.07) is 0. The van der Waals surface area contributed by atoms with Crippen LogP contribution in [0.4, 0.5) is 0 Å². The van der Waals surface area contributed by atoms with Crippen molar-refractivity contribution in [2.75, 3.05) is 6.61 Å². The molecule has 0 amide bonds. The van der Waals surface area contributed by atoms with Crippen molar-refractivity contribution in [1.29, 1.82) is 0 Å². The van der Waals surface area contributed by atoms with E-state index in [1.54, 1.807) is 0 Å². The molecule has 0 fully saturated rings. The molecule has 1 nitrogen and oxygen atoms in total. The maximum atomic E-state index is 8.68. The van der Waals surface area contributed by atoms with E-state index in [4.69, 9.17) is 5.11 Å². The molecule has 1 unspecified atom stereocenters. The second kappa shape index (κ2) is 11.0. The average Bonchev–Trinajstić information content (AvgIpc) is 2.20. The zero-order chi connectivity index (χ0) is 10.6. The number of hydrogen-bond acceptors (Lipinski definition) is 1. The van der Waals surface area contributed by atoms with E-state index in [-0.39, 0.29) is 0 Å². The number of unbranched alkanes of at least 4 members (excludes halogenated alkanes) is 3. The van der Waals surface area contributed by atoms with Gasteiger partial charge in [0.05, 0.1) is 0 Å². The SMILES string of the molecule is CCCCC(CCC)CCCCCO. The van der Waals surface area contributed by atoms with Gasteiger partial charge < -0.3 is 5.11 Å². The Balaban J connectivity index is 3.40. The van der Waals surface area contributed by atoms with Gasteiger partial charge in [0.1, 0.15) is 0 Å². The van der Waals surface area contributed by atoms with Crippen LogP contribution in [0, 0.1) is 5.92 Å². The van der Waals surface area contributed by atoms with Crippen molar-refractivity contribution in [3.63, 3.8) is 0 Å². The van der Waals surface area contributed by atoms with Gasteiger partial charge in [0.2, 0.25) is 0 Å². The fourth-order valence-corrected chi connectivity index (χ4v) is 2.06. The monoisotopic (exact) mass is 200 g/mol. The lowest BCUT2D eigenvalue weighted by Crippen LogP contribution is -2.00. The summed E-state index contributed by atoms with van der Waals surface area (Å²) in [4.78, 5) is 0. The van der Waals surface area contributed by atoms with E-state index in [1.807, 2.05) is 0 Å². The predicted octanol–water partition coefficient (Wildman–Crippen LogP) is 4.15. The van der Waals surface area contributed by atoms with Crippen molar-refractivity contribution in [3.8, 4) is 0 Å². The number of hydrogen-bond donors (Lipinski definition) is 1. The molecule has 1 N–H and O–H groups in total. The van der Waals surface area contributed by atoms with Crippen LogP contribution in [0.15, 0.2) is 0 Å². The van der Waals surface area contributed by atoms with Crippen LogP contribution in [0.25, 0.3) is 0 Å². The molecule has 0 saturated heterocycles. The maximum absolute atomic E-state index is 8.68. The molecular weight excluding hydrogens is 172 g/mol. The predicted molar refractivity (Wildman–Crippen MR) is 63.5 cm³/mol. The zero-order valence-corrected chi connectivity index (χ0v) is 10.1. The molecular formula is C13H28O. The van der Waals surface area contributed by atoms with Crippen molar-refractivity contribution < 1.29 is 5.11 Å². The third-order valence-corrected chi connectivity index (χ3v) is 2.93. The van der Waals surface area contributed by atoms with Gasteiger partial charge in [-0.25, -0.2) is 0 Å². The quantitative estimate of drug-likeness (QED) is 0.525. The average molecular weight is 200 g/mol. The number of aliphatic hydroxyl groups excluding tert-OH is 1. The minimum atomic E-state index is 0.368. The molecule has 0 radical (unpaired) electrons. The van der Waals surface area contributed by atoms with Gasteiger partial charge in [-0.3, -0.25) is 0 Å². The molecule has 86 valence electrons. The fraction of sp³-hybridized carbons (Fsp3) is 1.00. The molecule has 0 heterocycles. The molecule has 0 rings (SSSR count). The lowest BCUT2D eigenvalue weighted by Gasteiger charge is -2.15. The molecule has 0 spiro atoms. The second-order valence-corrected chi connectivity index (χ2v) is 4.37. The first-order valence-electron chi connectivity index (χ1n) is 6.46. The molecule has 1 heteroatoms. The summed E-state index contributed by atoms with van der Waals surface area (Å²) in [5.41, 5.74) is 0. The van der Waals surface area contributed by atoms with Crippen molar-refractivity contribution in [3.05, 3.63) is 0 Å². The zero-order valence-electron chi connectivity index (χ0n) is 10.1. The molecule has 14 heavy (non-hydrogen) atoms. The number of aliphatic hydroxyl groups is 1. The van der Waals surface area contributed by atoms with E-state index in [9.17, 15) is 0 Å². The van der Waals surface area contributed by atoms with Gasteiger partial charge in [0.25, 0.3) is 0 Å². The van der Waals surface area contributed by atoms with Crippen LogP contribution in [0.2, 0.25) is 0 Å². The highest BCUT2D eigenvalue weighted by molar-refractivity contribution is 4.59. The molecule has 0 aliphatic rings. The second-order valence-electron chi connectivity index (χ2n) is 4.37. The standard InChI is InChI=1S/C13H28O/c1-3-5-10-13(9-4-2)11-7-6-8-12-14/h13-14H,3-12H2,1-2H3. The van der Waals surface area contributed by atoms with E-state index in [2.05, 4.69) is 13.8 Å². The summed E-state index contributed by atoms with van der Waals surface area (Å²) in [6.07, 6.45) is 11.8. The Morgan fingerprint density at radius 2 is 1.50 bits per heavy atom. The van der Waals surface area contributed by atoms with E-state index in [1.165, 1.54) is 51.4 Å². The van der Waals surface area contributed by atoms with E-state index in [0.29, 0.717) is 6.61 Å². The molecule has 0 bridgehead atoms. The van der Waals surface area contributed by atoms with Crippen molar-refractivity contribution in [2.24, 2.45) is 5.92 Å². The van der Waals surface area contributed by atoms with Crippen molar-refractivity contribution in [2.45, 2.75) is 71.6 Å². The van der Waals surface area contributed by atoms with Crippen molar-refractivity contribution in [1.82, 2.24) is 0 Å². The van der Waals surface area contributed by atoms with Gasteiger partial charge in [-0.1, -0.05) is 65.2 Å². The normalized spacial score (nSPS) is 13.1. The fourth-order valence-electron chi connectivity index (χ4n) is 2.06. The lowest BCUT2D eigenvalue weighted by molar-refractivity contribution is 0.278. The Morgan fingerprint density at radius 3 is 2.07 bits per heavy atom. The summed E-state index contributed by atoms with van der Waals surface area (Å²) in [6.45, 7) is 4.93. The first-order valence-corrected chi connectivity index (χ1v) is 6.46. The van der Waals surface area contributed by atoms with E-state index >= 15 is 0 Å². The maximum Gasteiger partial charge on any atom is 0.0431 e. The van der Waals surface area contributed by atoms with Crippen LogP contribution in [0.1, 0.15) is 71.6 Å². The molecule has 0 aromatic carbocycles. The van der Waals surface area contributed by atoms with Crippen LogP contribution < -0.4 is 0 Å². The molecule has 0 aliphatic heterocycles. The molecule has 0 saturated carbocycles. The van der Waals surface area contributed by atoms with Crippen LogP contribution in [0.5, 0.6) is 0 Å². The molecule has 1 atom stereocenters. The highest BCUT2D eigenvalue weighted by Crippen LogP contribution is 2.21. The van der Waals surface area contributed by atoms with Gasteiger partial charge in [-0.15, -0.1) is 0 Å². The van der Waals surface area contributed by atoms with Gasteiger partial charge >= 0.3 is 0 Å². The topological polar surface area (TPSA) is 20.2 Å². The molecule has 0 aromatic rings. The van der Waals surface area contributed by atoms with Gasteiger partial charge in [-0.2, -0.15) is 0 Å². The Hall–Kier alpha value is -0.0400. The summed E-state index contributed by atoms with van der Waals surface area (Å²) in [5, 5.41) is 8.68. The van der Waals surface area contributed by atoms with E-state index < -0.39 is 0 Å².